The summed E-state index contributed by atoms with van der Waals surface area (Å²) in [6.07, 6.45) is 8.97. The minimum absolute atomic E-state index is 0.0590. The van der Waals surface area contributed by atoms with E-state index in [9.17, 15) is 4.79 Å². The summed E-state index contributed by atoms with van der Waals surface area (Å²) in [7, 11) is 1.63. The van der Waals surface area contributed by atoms with Crippen molar-refractivity contribution < 1.29 is 14.3 Å². The van der Waals surface area contributed by atoms with E-state index < -0.39 is 0 Å². The Bertz CT molecular complexity index is 488. The number of carbonyl (C=O) groups is 1. The maximum atomic E-state index is 12.0. The van der Waals surface area contributed by atoms with E-state index in [1.54, 1.807) is 7.11 Å². The number of unbranched alkanes of at least 4 members (excludes halogenated alkanes) is 4. The van der Waals surface area contributed by atoms with Gasteiger partial charge in [-0.3, -0.25) is 0 Å². The van der Waals surface area contributed by atoms with Gasteiger partial charge in [-0.15, -0.1) is 0 Å². The molecule has 0 saturated carbocycles. The van der Waals surface area contributed by atoms with Gasteiger partial charge >= 0.3 is 5.97 Å². The number of rotatable bonds is 8. The molecule has 3 heteroatoms. The second kappa shape index (κ2) is 7.87. The third kappa shape index (κ3) is 4.35. The van der Waals surface area contributed by atoms with Crippen LogP contribution in [0.1, 0.15) is 51.0 Å². The first kappa shape index (κ1) is 15.6. The Morgan fingerprint density at radius 3 is 2.48 bits per heavy atom. The molecule has 0 bridgehead atoms. The van der Waals surface area contributed by atoms with Crippen molar-refractivity contribution in [2.75, 3.05) is 7.11 Å². The Morgan fingerprint density at radius 2 is 1.81 bits per heavy atom. The van der Waals surface area contributed by atoms with E-state index in [2.05, 4.69) is 6.92 Å². The van der Waals surface area contributed by atoms with Gasteiger partial charge in [0.15, 0.2) is 0 Å². The van der Waals surface area contributed by atoms with Crippen LogP contribution in [0, 0.1) is 0 Å². The van der Waals surface area contributed by atoms with Gasteiger partial charge in [-0.2, -0.15) is 0 Å². The number of carbonyl (C=O) groups excluding carboxylic acids is 1. The first-order chi connectivity index (χ1) is 10.2. The summed E-state index contributed by atoms with van der Waals surface area (Å²) >= 11 is 0. The lowest BCUT2D eigenvalue weighted by molar-refractivity contribution is -0.137. The molecular formula is C18H24O3. The molecule has 0 N–H and O–H groups in total. The standard InChI is InChI=1S/C18H24O3/c1-3-4-5-6-7-8-16-13-17(18(19)21-16)14-9-11-15(20-2)12-10-14/h9-13,16H,3-8H2,1-2H3. The van der Waals surface area contributed by atoms with Crippen LogP contribution in [0.15, 0.2) is 30.3 Å². The quantitative estimate of drug-likeness (QED) is 0.526. The smallest absolute Gasteiger partial charge is 0.339 e. The molecule has 1 aliphatic rings. The van der Waals surface area contributed by atoms with Crippen LogP contribution in [0.3, 0.4) is 0 Å². The van der Waals surface area contributed by atoms with Crippen LogP contribution in [0.4, 0.5) is 0 Å². The fraction of sp³-hybridized carbons (Fsp3) is 0.500. The summed E-state index contributed by atoms with van der Waals surface area (Å²) in [6, 6.07) is 7.52. The van der Waals surface area contributed by atoms with E-state index in [1.165, 1.54) is 25.7 Å². The Kier molecular flexibility index (Phi) is 5.85. The van der Waals surface area contributed by atoms with E-state index in [4.69, 9.17) is 9.47 Å². The number of benzene rings is 1. The molecule has 0 aliphatic carbocycles. The Balaban J connectivity index is 1.90. The van der Waals surface area contributed by atoms with Gasteiger partial charge in [0.25, 0.3) is 0 Å². The molecule has 1 aromatic carbocycles. The first-order valence-electron chi connectivity index (χ1n) is 7.82. The topological polar surface area (TPSA) is 35.5 Å². The maximum absolute atomic E-state index is 12.0. The third-order valence-electron chi connectivity index (χ3n) is 3.82. The van der Waals surface area contributed by atoms with Crippen molar-refractivity contribution in [2.24, 2.45) is 0 Å². The van der Waals surface area contributed by atoms with Crippen molar-refractivity contribution in [2.45, 2.75) is 51.6 Å². The fourth-order valence-electron chi connectivity index (χ4n) is 2.56. The molecule has 1 aromatic rings. The van der Waals surface area contributed by atoms with E-state index in [-0.39, 0.29) is 12.1 Å². The average molecular weight is 288 g/mol. The molecule has 0 saturated heterocycles. The average Bonchev–Trinajstić information content (AvgIpc) is 2.88. The molecule has 1 atom stereocenters. The molecule has 3 nitrogen and oxygen atoms in total. The lowest BCUT2D eigenvalue weighted by Crippen LogP contribution is -2.07. The lowest BCUT2D eigenvalue weighted by Gasteiger charge is -2.07. The van der Waals surface area contributed by atoms with Gasteiger partial charge < -0.3 is 9.47 Å². The zero-order chi connectivity index (χ0) is 15.1. The first-order valence-corrected chi connectivity index (χ1v) is 7.82. The summed E-state index contributed by atoms with van der Waals surface area (Å²) in [5.74, 6) is 0.580. The van der Waals surface area contributed by atoms with Crippen LogP contribution in [0.25, 0.3) is 5.57 Å². The lowest BCUT2D eigenvalue weighted by atomic mass is 10.0. The van der Waals surface area contributed by atoms with E-state index in [0.717, 1.165) is 24.2 Å². The van der Waals surface area contributed by atoms with Crippen LogP contribution in [-0.4, -0.2) is 19.2 Å². The molecule has 1 heterocycles. The summed E-state index contributed by atoms with van der Waals surface area (Å²) in [5.41, 5.74) is 1.57. The Labute approximate surface area is 127 Å². The summed E-state index contributed by atoms with van der Waals surface area (Å²) in [4.78, 5) is 12.0. The van der Waals surface area contributed by atoms with Gasteiger partial charge in [0.2, 0.25) is 0 Å². The largest absolute Gasteiger partial charge is 0.497 e. The third-order valence-corrected chi connectivity index (χ3v) is 3.82. The number of methoxy groups -OCH3 is 1. The van der Waals surface area contributed by atoms with Gasteiger partial charge in [-0.05, 0) is 36.6 Å². The number of hydrogen-bond donors (Lipinski definition) is 0. The molecule has 0 amide bonds. The van der Waals surface area contributed by atoms with E-state index in [0.29, 0.717) is 5.57 Å². The number of esters is 1. The molecule has 1 unspecified atom stereocenters. The molecule has 114 valence electrons. The van der Waals surface area contributed by atoms with Crippen LogP contribution in [0.5, 0.6) is 5.75 Å². The highest BCUT2D eigenvalue weighted by Gasteiger charge is 2.25. The molecule has 2 rings (SSSR count). The fourth-order valence-corrected chi connectivity index (χ4v) is 2.56. The van der Waals surface area contributed by atoms with Gasteiger partial charge in [-0.25, -0.2) is 4.79 Å². The zero-order valence-electron chi connectivity index (χ0n) is 12.9. The van der Waals surface area contributed by atoms with E-state index >= 15 is 0 Å². The summed E-state index contributed by atoms with van der Waals surface area (Å²) in [6.45, 7) is 2.21. The molecule has 0 radical (unpaired) electrons. The Hall–Kier alpha value is -1.77. The normalized spacial score (nSPS) is 17.5. The molecule has 0 spiro atoms. The van der Waals surface area contributed by atoms with Crippen molar-refractivity contribution in [1.82, 2.24) is 0 Å². The van der Waals surface area contributed by atoms with Crippen LogP contribution in [-0.2, 0) is 9.53 Å². The van der Waals surface area contributed by atoms with Crippen molar-refractivity contribution >= 4 is 11.5 Å². The molecule has 21 heavy (non-hydrogen) atoms. The molecule has 1 aliphatic heterocycles. The Morgan fingerprint density at radius 1 is 1.10 bits per heavy atom. The van der Waals surface area contributed by atoms with Crippen molar-refractivity contribution in [3.05, 3.63) is 35.9 Å². The highest BCUT2D eigenvalue weighted by Crippen LogP contribution is 2.27. The highest BCUT2D eigenvalue weighted by atomic mass is 16.5. The molecule has 0 fully saturated rings. The summed E-state index contributed by atoms with van der Waals surface area (Å²) < 4.78 is 10.6. The van der Waals surface area contributed by atoms with Crippen LogP contribution >= 0.6 is 0 Å². The van der Waals surface area contributed by atoms with Crippen LogP contribution in [0.2, 0.25) is 0 Å². The zero-order valence-corrected chi connectivity index (χ0v) is 12.9. The van der Waals surface area contributed by atoms with Gasteiger partial charge in [-0.1, -0.05) is 44.7 Å². The monoisotopic (exact) mass is 288 g/mol. The van der Waals surface area contributed by atoms with E-state index in [1.807, 2.05) is 30.3 Å². The second-order valence-corrected chi connectivity index (χ2v) is 5.46. The van der Waals surface area contributed by atoms with Crippen molar-refractivity contribution in [3.63, 3.8) is 0 Å². The van der Waals surface area contributed by atoms with Crippen molar-refractivity contribution in [3.8, 4) is 5.75 Å². The number of cyclic esters (lactones) is 1. The molecule has 0 aromatic heterocycles. The maximum Gasteiger partial charge on any atom is 0.339 e. The number of hydrogen-bond acceptors (Lipinski definition) is 3. The minimum atomic E-state index is -0.210. The van der Waals surface area contributed by atoms with Gasteiger partial charge in [0.1, 0.15) is 11.9 Å². The second-order valence-electron chi connectivity index (χ2n) is 5.46. The number of ether oxygens (including phenoxy) is 2. The minimum Gasteiger partial charge on any atom is -0.497 e. The SMILES string of the molecule is CCCCCCCC1C=C(c2ccc(OC)cc2)C(=O)O1. The summed E-state index contributed by atoms with van der Waals surface area (Å²) in [5, 5.41) is 0. The molecular weight excluding hydrogens is 264 g/mol. The van der Waals surface area contributed by atoms with Crippen molar-refractivity contribution in [1.29, 1.82) is 0 Å². The van der Waals surface area contributed by atoms with Gasteiger partial charge in [0, 0.05) is 0 Å². The predicted octanol–water partition coefficient (Wildman–Crippen LogP) is 4.36. The van der Waals surface area contributed by atoms with Gasteiger partial charge in [0.05, 0.1) is 12.7 Å². The predicted molar refractivity (Wildman–Crippen MR) is 84.2 cm³/mol. The van der Waals surface area contributed by atoms with Crippen LogP contribution < -0.4 is 4.74 Å². The highest BCUT2D eigenvalue weighted by molar-refractivity contribution is 6.18.